The van der Waals surface area contributed by atoms with Gasteiger partial charge in [-0.3, -0.25) is 4.79 Å². The van der Waals surface area contributed by atoms with E-state index in [2.05, 4.69) is 40.3 Å². The van der Waals surface area contributed by atoms with Gasteiger partial charge in [-0.25, -0.2) is 0 Å². The summed E-state index contributed by atoms with van der Waals surface area (Å²) in [6, 6.07) is 21.8. The quantitative estimate of drug-likeness (QED) is 0.363. The molecule has 0 spiro atoms. The van der Waals surface area contributed by atoms with Crippen molar-refractivity contribution >= 4 is 34.1 Å². The van der Waals surface area contributed by atoms with Crippen LogP contribution in [0.1, 0.15) is 27.9 Å². The molecule has 0 saturated carbocycles. The first-order chi connectivity index (χ1) is 15.7. The van der Waals surface area contributed by atoms with Crippen LogP contribution in [0.2, 0.25) is 0 Å². The summed E-state index contributed by atoms with van der Waals surface area (Å²) in [4.78, 5) is 12.8. The third-order valence-corrected chi connectivity index (χ3v) is 5.86. The number of alkyl halides is 1. The van der Waals surface area contributed by atoms with Gasteiger partial charge in [-0.1, -0.05) is 18.2 Å². The zero-order valence-corrected chi connectivity index (χ0v) is 18.3. The lowest BCUT2D eigenvalue weighted by Crippen LogP contribution is -2.12. The van der Waals surface area contributed by atoms with Crippen LogP contribution >= 0.6 is 11.6 Å². The van der Waals surface area contributed by atoms with Crippen molar-refractivity contribution in [3.05, 3.63) is 89.6 Å². The molecular formula is C26H23ClN2O3. The maximum absolute atomic E-state index is 12.8. The fraction of sp³-hybridized carbons (Fsp3) is 0.192. The van der Waals surface area contributed by atoms with E-state index in [9.17, 15) is 4.79 Å². The van der Waals surface area contributed by atoms with Crippen LogP contribution in [0.4, 0.5) is 5.69 Å². The summed E-state index contributed by atoms with van der Waals surface area (Å²) in [7, 11) is 0. The van der Waals surface area contributed by atoms with Gasteiger partial charge in [0.25, 0.3) is 5.91 Å². The number of hydrogen-bond acceptors (Lipinski definition) is 3. The zero-order valence-electron chi connectivity index (χ0n) is 17.5. The molecule has 0 atom stereocenters. The van der Waals surface area contributed by atoms with Gasteiger partial charge >= 0.3 is 0 Å². The number of carbonyl (C=O) groups excluding carboxylic acids is 1. The van der Waals surface area contributed by atoms with Crippen LogP contribution in [0, 0.1) is 0 Å². The largest absolute Gasteiger partial charge is 0.454 e. The molecule has 5 nitrogen and oxygen atoms in total. The second-order valence-electron chi connectivity index (χ2n) is 7.84. The van der Waals surface area contributed by atoms with Crippen LogP contribution in [-0.4, -0.2) is 23.1 Å². The summed E-state index contributed by atoms with van der Waals surface area (Å²) < 4.78 is 12.9. The van der Waals surface area contributed by atoms with Gasteiger partial charge in [0.15, 0.2) is 11.5 Å². The second-order valence-corrected chi connectivity index (χ2v) is 8.22. The highest BCUT2D eigenvalue weighted by molar-refractivity contribution is 6.17. The number of rotatable bonds is 7. The summed E-state index contributed by atoms with van der Waals surface area (Å²) >= 11 is 5.84. The summed E-state index contributed by atoms with van der Waals surface area (Å²) in [6.07, 6.45) is 3.82. The molecule has 6 heteroatoms. The zero-order chi connectivity index (χ0) is 21.9. The highest BCUT2D eigenvalue weighted by Gasteiger charge is 2.15. The van der Waals surface area contributed by atoms with Crippen LogP contribution in [-0.2, 0) is 13.0 Å². The minimum absolute atomic E-state index is 0.155. The molecule has 1 aliphatic heterocycles. The summed E-state index contributed by atoms with van der Waals surface area (Å²) in [5.41, 5.74) is 4.81. The van der Waals surface area contributed by atoms with Crippen molar-refractivity contribution in [2.45, 2.75) is 19.4 Å². The van der Waals surface area contributed by atoms with Crippen molar-refractivity contribution in [1.82, 2.24) is 4.57 Å². The summed E-state index contributed by atoms with van der Waals surface area (Å²) in [6.45, 7) is 1.13. The lowest BCUT2D eigenvalue weighted by atomic mass is 10.0. The first-order valence-electron chi connectivity index (χ1n) is 10.6. The van der Waals surface area contributed by atoms with Crippen molar-refractivity contribution in [2.75, 3.05) is 18.0 Å². The van der Waals surface area contributed by atoms with Crippen LogP contribution in [0.25, 0.3) is 10.9 Å². The van der Waals surface area contributed by atoms with E-state index in [4.69, 9.17) is 21.1 Å². The van der Waals surface area contributed by atoms with Gasteiger partial charge in [0, 0.05) is 41.5 Å². The van der Waals surface area contributed by atoms with Crippen molar-refractivity contribution in [3.63, 3.8) is 0 Å². The van der Waals surface area contributed by atoms with Gasteiger partial charge in [-0.2, -0.15) is 0 Å². The average molecular weight is 447 g/mol. The standard InChI is InChI=1S/C26H23ClN2O3/c27-10-2-11-29-12-9-20-14-19(5-7-23(20)29)13-18-3-1-4-21(15-18)26(30)28-22-6-8-24-25(16-22)32-17-31-24/h1,3-9,12,14-16H,2,10-11,13,17H2,(H,28,30). The molecule has 3 aromatic carbocycles. The van der Waals surface area contributed by atoms with Crippen LogP contribution in [0.15, 0.2) is 72.9 Å². The number of ether oxygens (including phenoxy) is 2. The average Bonchev–Trinajstić information content (AvgIpc) is 3.44. The number of amides is 1. The molecule has 162 valence electrons. The smallest absolute Gasteiger partial charge is 0.255 e. The molecule has 4 aromatic rings. The van der Waals surface area contributed by atoms with Gasteiger partial charge in [0.2, 0.25) is 6.79 Å². The predicted molar refractivity (Wildman–Crippen MR) is 127 cm³/mol. The first-order valence-corrected chi connectivity index (χ1v) is 11.2. The van der Waals surface area contributed by atoms with E-state index in [0.717, 1.165) is 24.9 Å². The van der Waals surface area contributed by atoms with Gasteiger partial charge in [-0.15, -0.1) is 11.6 Å². The normalized spacial score (nSPS) is 12.3. The highest BCUT2D eigenvalue weighted by atomic mass is 35.5. The first kappa shape index (κ1) is 20.5. The Kier molecular flexibility index (Phi) is 5.73. The van der Waals surface area contributed by atoms with Crippen molar-refractivity contribution < 1.29 is 14.3 Å². The van der Waals surface area contributed by atoms with E-state index in [1.165, 1.54) is 16.5 Å². The highest BCUT2D eigenvalue weighted by Crippen LogP contribution is 2.34. The molecular weight excluding hydrogens is 424 g/mol. The van der Waals surface area contributed by atoms with E-state index >= 15 is 0 Å². The maximum atomic E-state index is 12.8. The summed E-state index contributed by atoms with van der Waals surface area (Å²) in [5.74, 6) is 1.84. The number of hydrogen-bond donors (Lipinski definition) is 1. The predicted octanol–water partition coefficient (Wildman–Crippen LogP) is 5.84. The van der Waals surface area contributed by atoms with Crippen molar-refractivity contribution in [1.29, 1.82) is 0 Å². The third-order valence-electron chi connectivity index (χ3n) is 5.60. The van der Waals surface area contributed by atoms with Gasteiger partial charge in [0.05, 0.1) is 0 Å². The number of nitrogens with zero attached hydrogens (tertiary/aromatic N) is 1. The fourth-order valence-electron chi connectivity index (χ4n) is 4.02. The molecule has 0 saturated heterocycles. The Morgan fingerprint density at radius 3 is 2.75 bits per heavy atom. The topological polar surface area (TPSA) is 52.5 Å². The van der Waals surface area contributed by atoms with Gasteiger partial charge in [-0.05, 0) is 71.8 Å². The number of aryl methyl sites for hydroxylation is 1. The second kappa shape index (κ2) is 8.97. The van der Waals surface area contributed by atoms with Crippen molar-refractivity contribution in [2.24, 2.45) is 0 Å². The lowest BCUT2D eigenvalue weighted by Gasteiger charge is -2.09. The van der Waals surface area contributed by atoms with E-state index in [0.29, 0.717) is 28.6 Å². The Hall–Kier alpha value is -3.44. The Balaban J connectivity index is 1.30. The van der Waals surface area contributed by atoms with E-state index in [-0.39, 0.29) is 12.7 Å². The third kappa shape index (κ3) is 4.30. The number of carbonyl (C=O) groups is 1. The fourth-order valence-corrected chi connectivity index (χ4v) is 4.14. The Morgan fingerprint density at radius 1 is 0.969 bits per heavy atom. The van der Waals surface area contributed by atoms with E-state index in [1.807, 2.05) is 30.3 Å². The minimum Gasteiger partial charge on any atom is -0.454 e. The number of benzene rings is 3. The summed E-state index contributed by atoms with van der Waals surface area (Å²) in [5, 5.41) is 4.15. The number of fused-ring (bicyclic) bond motifs is 2. The molecule has 5 rings (SSSR count). The Labute approximate surface area is 191 Å². The number of nitrogens with one attached hydrogen (secondary N) is 1. The minimum atomic E-state index is -0.155. The molecule has 2 heterocycles. The number of halogens is 1. The number of aromatic nitrogens is 1. The molecule has 0 unspecified atom stereocenters. The molecule has 1 N–H and O–H groups in total. The van der Waals surface area contributed by atoms with Crippen LogP contribution in [0.5, 0.6) is 11.5 Å². The molecule has 0 aliphatic carbocycles. The lowest BCUT2D eigenvalue weighted by molar-refractivity contribution is 0.102. The van der Waals surface area contributed by atoms with Gasteiger partial charge in [0.1, 0.15) is 0 Å². The molecule has 1 aromatic heterocycles. The molecule has 32 heavy (non-hydrogen) atoms. The molecule has 0 fully saturated rings. The SMILES string of the molecule is O=C(Nc1ccc2c(c1)OCO2)c1cccc(Cc2ccc3c(ccn3CCCCl)c2)c1. The van der Waals surface area contributed by atoms with Gasteiger partial charge < -0.3 is 19.4 Å². The maximum Gasteiger partial charge on any atom is 0.255 e. The van der Waals surface area contributed by atoms with Crippen LogP contribution < -0.4 is 14.8 Å². The molecule has 0 radical (unpaired) electrons. The monoisotopic (exact) mass is 446 g/mol. The molecule has 0 bridgehead atoms. The molecule has 1 amide bonds. The van der Waals surface area contributed by atoms with E-state index in [1.54, 1.807) is 12.1 Å². The van der Waals surface area contributed by atoms with Crippen LogP contribution in [0.3, 0.4) is 0 Å². The molecule has 1 aliphatic rings. The van der Waals surface area contributed by atoms with Crippen molar-refractivity contribution in [3.8, 4) is 11.5 Å². The number of anilines is 1. The van der Waals surface area contributed by atoms with E-state index < -0.39 is 0 Å². The Morgan fingerprint density at radius 2 is 1.84 bits per heavy atom. The Bertz CT molecular complexity index is 1280.